The van der Waals surface area contributed by atoms with E-state index >= 15 is 0 Å². The second-order valence-corrected chi connectivity index (χ2v) is 6.53. The van der Waals surface area contributed by atoms with E-state index in [1.54, 1.807) is 12.1 Å². The summed E-state index contributed by atoms with van der Waals surface area (Å²) in [5, 5.41) is 10.7. The van der Waals surface area contributed by atoms with Crippen molar-refractivity contribution in [3.63, 3.8) is 0 Å². The van der Waals surface area contributed by atoms with E-state index in [0.29, 0.717) is 0 Å². The van der Waals surface area contributed by atoms with Gasteiger partial charge >= 0.3 is 0 Å². The molecule has 5 heteroatoms. The Morgan fingerprint density at radius 3 is 2.23 bits per heavy atom. The summed E-state index contributed by atoms with van der Waals surface area (Å²) in [4.78, 5) is 15.5. The lowest BCUT2D eigenvalue weighted by Gasteiger charge is -2.40. The van der Waals surface area contributed by atoms with E-state index in [2.05, 4.69) is 9.80 Å². The van der Waals surface area contributed by atoms with Crippen LogP contribution in [-0.2, 0) is 6.54 Å². The van der Waals surface area contributed by atoms with Gasteiger partial charge in [-0.3, -0.25) is 19.9 Å². The summed E-state index contributed by atoms with van der Waals surface area (Å²) in [5.41, 5.74) is 1.34. The molecule has 0 amide bonds. The Kier molecular flexibility index (Phi) is 5.05. The predicted molar refractivity (Wildman–Crippen MR) is 86.8 cm³/mol. The first kappa shape index (κ1) is 15.4. The number of benzene rings is 1. The molecule has 0 N–H and O–H groups in total. The van der Waals surface area contributed by atoms with Crippen LogP contribution in [0.3, 0.4) is 0 Å². The zero-order valence-corrected chi connectivity index (χ0v) is 13.1. The molecule has 1 aliphatic heterocycles. The summed E-state index contributed by atoms with van der Waals surface area (Å²) in [6.45, 7) is 5.44. The van der Waals surface area contributed by atoms with Crippen molar-refractivity contribution < 1.29 is 4.92 Å². The minimum absolute atomic E-state index is 0.172. The minimum Gasteiger partial charge on any atom is -0.298 e. The van der Waals surface area contributed by atoms with Crippen LogP contribution in [0, 0.1) is 10.1 Å². The van der Waals surface area contributed by atoms with Gasteiger partial charge in [-0.2, -0.15) is 0 Å². The number of nitro benzene ring substituents is 1. The third-order valence-electron chi connectivity index (χ3n) is 5.05. The quantitative estimate of drug-likeness (QED) is 0.633. The van der Waals surface area contributed by atoms with Crippen LogP contribution in [0.15, 0.2) is 24.3 Å². The van der Waals surface area contributed by atoms with Gasteiger partial charge in [0.1, 0.15) is 0 Å². The molecule has 1 aromatic carbocycles. The molecule has 0 aromatic heterocycles. The van der Waals surface area contributed by atoms with Gasteiger partial charge in [-0.25, -0.2) is 0 Å². The number of hydrogen-bond acceptors (Lipinski definition) is 4. The van der Waals surface area contributed by atoms with Crippen LogP contribution in [0.2, 0.25) is 0 Å². The normalized spacial score (nSPS) is 21.8. The molecule has 1 saturated carbocycles. The fourth-order valence-corrected chi connectivity index (χ4v) is 3.71. The van der Waals surface area contributed by atoms with Crippen LogP contribution in [0.4, 0.5) is 5.69 Å². The highest BCUT2D eigenvalue weighted by molar-refractivity contribution is 5.32. The SMILES string of the molecule is O=[N+]([O-])c1ccc(CN2CCN(C3CCCCC3)CC2)cc1. The third-order valence-corrected chi connectivity index (χ3v) is 5.05. The fourth-order valence-electron chi connectivity index (χ4n) is 3.71. The van der Waals surface area contributed by atoms with Crippen molar-refractivity contribution in [1.29, 1.82) is 0 Å². The number of hydrogen-bond donors (Lipinski definition) is 0. The molecule has 22 heavy (non-hydrogen) atoms. The van der Waals surface area contributed by atoms with Crippen LogP contribution in [0.1, 0.15) is 37.7 Å². The van der Waals surface area contributed by atoms with Gasteiger partial charge in [-0.15, -0.1) is 0 Å². The molecule has 0 spiro atoms. The number of non-ortho nitro benzene ring substituents is 1. The van der Waals surface area contributed by atoms with Crippen LogP contribution < -0.4 is 0 Å². The first-order valence-corrected chi connectivity index (χ1v) is 8.42. The number of piperazine rings is 1. The standard InChI is InChI=1S/C17H25N3O2/c21-20(22)17-8-6-15(7-9-17)14-18-10-12-19(13-11-18)16-4-2-1-3-5-16/h6-9,16H,1-5,10-14H2. The number of rotatable bonds is 4. The highest BCUT2D eigenvalue weighted by Crippen LogP contribution is 2.24. The minimum atomic E-state index is -0.341. The molecule has 0 bridgehead atoms. The van der Waals surface area contributed by atoms with Crippen LogP contribution in [0.25, 0.3) is 0 Å². The lowest BCUT2D eigenvalue weighted by molar-refractivity contribution is -0.384. The zero-order valence-electron chi connectivity index (χ0n) is 13.1. The van der Waals surface area contributed by atoms with E-state index in [1.807, 2.05) is 12.1 Å². The van der Waals surface area contributed by atoms with E-state index in [1.165, 1.54) is 32.1 Å². The lowest BCUT2D eigenvalue weighted by Crippen LogP contribution is -2.50. The molecule has 0 radical (unpaired) electrons. The summed E-state index contributed by atoms with van der Waals surface area (Å²) in [6.07, 6.45) is 6.96. The molecule has 2 fully saturated rings. The maximum Gasteiger partial charge on any atom is 0.269 e. The van der Waals surface area contributed by atoms with Gasteiger partial charge in [0.25, 0.3) is 5.69 Å². The van der Waals surface area contributed by atoms with E-state index in [4.69, 9.17) is 0 Å². The first-order chi connectivity index (χ1) is 10.7. The highest BCUT2D eigenvalue weighted by Gasteiger charge is 2.25. The average Bonchev–Trinajstić information content (AvgIpc) is 2.57. The summed E-state index contributed by atoms with van der Waals surface area (Å²) >= 11 is 0. The van der Waals surface area contributed by atoms with Crippen molar-refractivity contribution in [3.8, 4) is 0 Å². The van der Waals surface area contributed by atoms with Crippen LogP contribution >= 0.6 is 0 Å². The van der Waals surface area contributed by atoms with Crippen molar-refractivity contribution in [2.24, 2.45) is 0 Å². The first-order valence-electron chi connectivity index (χ1n) is 8.42. The maximum atomic E-state index is 10.7. The Labute approximate surface area is 132 Å². The monoisotopic (exact) mass is 303 g/mol. The van der Waals surface area contributed by atoms with Gasteiger partial charge < -0.3 is 0 Å². The van der Waals surface area contributed by atoms with Crippen LogP contribution in [0.5, 0.6) is 0 Å². The molecule has 3 rings (SSSR count). The van der Waals surface area contributed by atoms with Crippen molar-refractivity contribution >= 4 is 5.69 Å². The van der Waals surface area contributed by atoms with Gasteiger partial charge in [-0.1, -0.05) is 31.4 Å². The molecule has 1 heterocycles. The van der Waals surface area contributed by atoms with Crippen molar-refractivity contribution in [1.82, 2.24) is 9.80 Å². The van der Waals surface area contributed by atoms with Crippen molar-refractivity contribution in [3.05, 3.63) is 39.9 Å². The largest absolute Gasteiger partial charge is 0.298 e. The molecular weight excluding hydrogens is 278 g/mol. The average molecular weight is 303 g/mol. The highest BCUT2D eigenvalue weighted by atomic mass is 16.6. The molecule has 5 nitrogen and oxygen atoms in total. The molecule has 1 aromatic rings. The van der Waals surface area contributed by atoms with Gasteiger partial charge in [0.05, 0.1) is 4.92 Å². The number of nitro groups is 1. The van der Waals surface area contributed by atoms with Gasteiger partial charge in [0, 0.05) is 50.9 Å². The van der Waals surface area contributed by atoms with Gasteiger partial charge in [0.15, 0.2) is 0 Å². The predicted octanol–water partition coefficient (Wildman–Crippen LogP) is 3.05. The molecule has 0 unspecified atom stereocenters. The van der Waals surface area contributed by atoms with Crippen molar-refractivity contribution in [2.75, 3.05) is 26.2 Å². The van der Waals surface area contributed by atoms with Gasteiger partial charge in [0.2, 0.25) is 0 Å². The zero-order chi connectivity index (χ0) is 15.4. The second-order valence-electron chi connectivity index (χ2n) is 6.53. The topological polar surface area (TPSA) is 49.6 Å². The summed E-state index contributed by atoms with van der Waals surface area (Å²) in [6, 6.07) is 7.79. The fraction of sp³-hybridized carbons (Fsp3) is 0.647. The van der Waals surface area contributed by atoms with E-state index in [0.717, 1.165) is 44.3 Å². The van der Waals surface area contributed by atoms with Crippen LogP contribution in [-0.4, -0.2) is 46.9 Å². The van der Waals surface area contributed by atoms with Crippen molar-refractivity contribution in [2.45, 2.75) is 44.7 Å². The Morgan fingerprint density at radius 1 is 1.00 bits per heavy atom. The maximum absolute atomic E-state index is 10.7. The summed E-state index contributed by atoms with van der Waals surface area (Å²) in [5.74, 6) is 0. The second kappa shape index (κ2) is 7.20. The van der Waals surface area contributed by atoms with Gasteiger partial charge in [-0.05, 0) is 18.4 Å². The summed E-state index contributed by atoms with van der Waals surface area (Å²) in [7, 11) is 0. The Balaban J connectivity index is 1.48. The Hall–Kier alpha value is -1.46. The molecule has 120 valence electrons. The van der Waals surface area contributed by atoms with E-state index in [9.17, 15) is 10.1 Å². The molecule has 1 saturated heterocycles. The summed E-state index contributed by atoms with van der Waals surface area (Å²) < 4.78 is 0. The van der Waals surface area contributed by atoms with E-state index < -0.39 is 0 Å². The lowest BCUT2D eigenvalue weighted by atomic mass is 9.94. The molecule has 0 atom stereocenters. The molecule has 2 aliphatic rings. The number of nitrogens with zero attached hydrogens (tertiary/aromatic N) is 3. The van der Waals surface area contributed by atoms with E-state index in [-0.39, 0.29) is 10.6 Å². The Bertz CT molecular complexity index is 489. The molecular formula is C17H25N3O2. The third kappa shape index (κ3) is 3.84. The Morgan fingerprint density at radius 2 is 1.64 bits per heavy atom. The smallest absolute Gasteiger partial charge is 0.269 e. The molecule has 1 aliphatic carbocycles.